The third-order valence-electron chi connectivity index (χ3n) is 10.2. The molecule has 49 heavy (non-hydrogen) atoms. The largest absolute Gasteiger partial charge is 0.497 e. The van der Waals surface area contributed by atoms with Crippen LogP contribution < -0.4 is 9.64 Å². The van der Waals surface area contributed by atoms with Crippen molar-refractivity contribution in [3.8, 4) is 5.75 Å². The average molecular weight is 693 g/mol. The van der Waals surface area contributed by atoms with Crippen LogP contribution in [0.5, 0.6) is 5.75 Å². The summed E-state index contributed by atoms with van der Waals surface area (Å²) in [5.41, 5.74) is -1.74. The molecule has 10 nitrogen and oxygen atoms in total. The molecule has 3 aliphatic heterocycles. The minimum atomic E-state index is -4.60. The van der Waals surface area contributed by atoms with Crippen molar-refractivity contribution >= 4 is 23.5 Å². The Bertz CT molecular complexity index is 1510. The number of benzene rings is 2. The smallest absolute Gasteiger partial charge is 0.416 e. The zero-order valence-electron chi connectivity index (χ0n) is 28.2. The molecule has 14 heteroatoms. The Balaban J connectivity index is 1.47. The Hall–Kier alpha value is -3.91. The highest BCUT2D eigenvalue weighted by atomic mass is 19.4. The van der Waals surface area contributed by atoms with Gasteiger partial charge in [-0.1, -0.05) is 18.2 Å². The fourth-order valence-corrected chi connectivity index (χ4v) is 7.49. The lowest BCUT2D eigenvalue weighted by Gasteiger charge is -2.35. The van der Waals surface area contributed by atoms with Crippen molar-refractivity contribution < 1.29 is 46.5 Å². The first-order valence-electron chi connectivity index (χ1n) is 16.4. The predicted octanol–water partition coefficient (Wildman–Crippen LogP) is 4.10. The second kappa shape index (κ2) is 14.5. The highest BCUT2D eigenvalue weighted by Crippen LogP contribution is 2.46. The van der Waals surface area contributed by atoms with Gasteiger partial charge in [0.25, 0.3) is 5.91 Å². The van der Waals surface area contributed by atoms with Crippen LogP contribution >= 0.6 is 0 Å². The minimum Gasteiger partial charge on any atom is -0.497 e. The number of aliphatic carboxylic acids is 1. The molecule has 0 aromatic heterocycles. The predicted molar refractivity (Wildman–Crippen MR) is 173 cm³/mol. The lowest BCUT2D eigenvalue weighted by atomic mass is 9.85. The molecule has 0 bridgehead atoms. The molecule has 3 saturated heterocycles. The molecule has 2 aromatic rings. The number of anilines is 1. The maximum atomic E-state index is 17.5. The number of likely N-dealkylation sites (N-methyl/N-ethyl adjacent to an activating group) is 1. The van der Waals surface area contributed by atoms with E-state index in [1.165, 1.54) is 30.1 Å². The number of alkyl halides is 4. The van der Waals surface area contributed by atoms with Crippen LogP contribution in [0.1, 0.15) is 41.4 Å². The number of rotatable bonds is 10. The lowest BCUT2D eigenvalue weighted by molar-refractivity contribution is -0.144. The van der Waals surface area contributed by atoms with E-state index in [0.717, 1.165) is 12.1 Å². The Kier molecular flexibility index (Phi) is 10.8. The Morgan fingerprint density at radius 3 is 2.24 bits per heavy atom. The fourth-order valence-electron chi connectivity index (χ4n) is 7.49. The molecule has 3 fully saturated rings. The van der Waals surface area contributed by atoms with Crippen LogP contribution in [-0.4, -0.2) is 124 Å². The summed E-state index contributed by atoms with van der Waals surface area (Å²) in [5.74, 6) is -3.63. The zero-order valence-corrected chi connectivity index (χ0v) is 28.2. The number of likely N-dealkylation sites (tertiary alicyclic amines) is 2. The molecule has 0 saturated carbocycles. The molecule has 1 N–H and O–H groups in total. The van der Waals surface area contributed by atoms with Gasteiger partial charge in [0.15, 0.2) is 0 Å². The SMILES string of the molecule is COC[C@H]1CN(C(=O)[C@]2(F)CN(CC(=O)N(C)C)C[C@H]2c2ccc(OC)cc2)C[C@@H]1c1ccc(C(F)(F)F)cc1N1CCC(C(=O)O)CC1. The summed E-state index contributed by atoms with van der Waals surface area (Å²) in [6.45, 7) is 0.625. The van der Waals surface area contributed by atoms with Crippen LogP contribution in [0.25, 0.3) is 0 Å². The lowest BCUT2D eigenvalue weighted by Crippen LogP contribution is -2.50. The van der Waals surface area contributed by atoms with E-state index < -0.39 is 47.0 Å². The summed E-state index contributed by atoms with van der Waals surface area (Å²) in [5, 5.41) is 9.48. The molecule has 5 rings (SSSR count). The molecule has 0 aliphatic carbocycles. The number of methoxy groups -OCH3 is 2. The standard InChI is InChI=1S/C35H44F4N4O6/c1-40(2)31(44)19-41-18-29(22-5-8-26(49-4)9-6-22)34(36,21-41)33(47)43-16-24(20-48-3)28(17-43)27-10-7-25(35(37,38)39)15-30(27)42-13-11-23(12-14-42)32(45)46/h5-10,15,23-24,28-29H,11-14,16-21H2,1-4H3,(H,45,46)/t24-,28+,29+,34+/m1/s1. The van der Waals surface area contributed by atoms with E-state index in [1.54, 1.807) is 48.2 Å². The second-order valence-electron chi connectivity index (χ2n) is 13.5. The first kappa shape index (κ1) is 36.4. The van der Waals surface area contributed by atoms with Crippen LogP contribution in [0.4, 0.5) is 23.2 Å². The van der Waals surface area contributed by atoms with Gasteiger partial charge in [-0.15, -0.1) is 0 Å². The summed E-state index contributed by atoms with van der Waals surface area (Å²) in [6.07, 6.45) is -4.03. The first-order chi connectivity index (χ1) is 23.2. The number of hydrogen-bond acceptors (Lipinski definition) is 7. The average Bonchev–Trinajstić information content (AvgIpc) is 3.65. The van der Waals surface area contributed by atoms with Gasteiger partial charge >= 0.3 is 12.1 Å². The molecule has 268 valence electrons. The van der Waals surface area contributed by atoms with Gasteiger partial charge in [0.2, 0.25) is 11.6 Å². The van der Waals surface area contributed by atoms with E-state index in [4.69, 9.17) is 9.47 Å². The van der Waals surface area contributed by atoms with E-state index in [2.05, 4.69) is 0 Å². The van der Waals surface area contributed by atoms with Crippen molar-refractivity contribution in [2.75, 3.05) is 85.6 Å². The van der Waals surface area contributed by atoms with Crippen molar-refractivity contribution in [2.45, 2.75) is 36.5 Å². The molecule has 2 aromatic carbocycles. The van der Waals surface area contributed by atoms with Crippen LogP contribution in [0, 0.1) is 11.8 Å². The minimum absolute atomic E-state index is 0.0500. The van der Waals surface area contributed by atoms with Crippen LogP contribution in [-0.2, 0) is 25.3 Å². The van der Waals surface area contributed by atoms with Crippen molar-refractivity contribution in [1.82, 2.24) is 14.7 Å². The number of nitrogens with zero attached hydrogens (tertiary/aromatic N) is 4. The van der Waals surface area contributed by atoms with Gasteiger partial charge in [0, 0.05) is 83.9 Å². The first-order valence-corrected chi connectivity index (χ1v) is 16.4. The molecule has 4 atom stereocenters. The van der Waals surface area contributed by atoms with Crippen LogP contribution in [0.2, 0.25) is 0 Å². The van der Waals surface area contributed by atoms with Gasteiger partial charge in [-0.3, -0.25) is 19.3 Å². The quantitative estimate of drug-likeness (QED) is 0.372. The number of hydrogen-bond donors (Lipinski definition) is 1. The number of carboxylic acid groups (broad SMARTS) is 1. The summed E-state index contributed by atoms with van der Waals surface area (Å²) >= 11 is 0. The number of piperidine rings is 1. The Morgan fingerprint density at radius 1 is 1.00 bits per heavy atom. The number of carbonyl (C=O) groups excluding carboxylic acids is 2. The van der Waals surface area contributed by atoms with E-state index in [0.29, 0.717) is 22.6 Å². The Labute approximate surface area is 283 Å². The Morgan fingerprint density at radius 2 is 1.67 bits per heavy atom. The third-order valence-corrected chi connectivity index (χ3v) is 10.2. The van der Waals surface area contributed by atoms with Crippen molar-refractivity contribution in [1.29, 1.82) is 0 Å². The zero-order chi connectivity index (χ0) is 35.7. The van der Waals surface area contributed by atoms with E-state index in [-0.39, 0.29) is 77.1 Å². The third kappa shape index (κ3) is 7.64. The van der Waals surface area contributed by atoms with Gasteiger partial charge in [-0.25, -0.2) is 4.39 Å². The van der Waals surface area contributed by atoms with E-state index in [9.17, 15) is 32.7 Å². The van der Waals surface area contributed by atoms with Crippen LogP contribution in [0.3, 0.4) is 0 Å². The second-order valence-corrected chi connectivity index (χ2v) is 13.5. The monoisotopic (exact) mass is 692 g/mol. The highest BCUT2D eigenvalue weighted by molar-refractivity contribution is 5.88. The van der Waals surface area contributed by atoms with Crippen molar-refractivity contribution in [3.63, 3.8) is 0 Å². The van der Waals surface area contributed by atoms with Gasteiger partial charge in [0.1, 0.15) is 5.75 Å². The highest BCUT2D eigenvalue weighted by Gasteiger charge is 2.57. The number of ether oxygens (including phenoxy) is 2. The summed E-state index contributed by atoms with van der Waals surface area (Å²) < 4.78 is 70.0. The van der Waals surface area contributed by atoms with Gasteiger partial charge in [-0.2, -0.15) is 13.2 Å². The summed E-state index contributed by atoms with van der Waals surface area (Å²) in [4.78, 5) is 44.9. The van der Waals surface area contributed by atoms with Gasteiger partial charge in [-0.05, 0) is 48.2 Å². The van der Waals surface area contributed by atoms with Crippen molar-refractivity contribution in [2.24, 2.45) is 11.8 Å². The molecule has 2 amide bonds. The molecule has 0 spiro atoms. The topological polar surface area (TPSA) is 103 Å². The molecule has 3 heterocycles. The number of halogens is 4. The molecule has 0 unspecified atom stereocenters. The number of carbonyl (C=O) groups is 3. The maximum absolute atomic E-state index is 17.5. The molecule has 3 aliphatic rings. The van der Waals surface area contributed by atoms with Gasteiger partial charge < -0.3 is 29.3 Å². The normalized spacial score (nSPS) is 25.1. The summed E-state index contributed by atoms with van der Waals surface area (Å²) in [7, 11) is 6.23. The van der Waals surface area contributed by atoms with Crippen molar-refractivity contribution in [3.05, 3.63) is 59.2 Å². The van der Waals surface area contributed by atoms with Gasteiger partial charge in [0.05, 0.1) is 31.7 Å². The van der Waals surface area contributed by atoms with Crippen LogP contribution in [0.15, 0.2) is 42.5 Å². The summed E-state index contributed by atoms with van der Waals surface area (Å²) in [6, 6.07) is 10.4. The fraction of sp³-hybridized carbons (Fsp3) is 0.571. The molecule has 0 radical (unpaired) electrons. The molecular formula is C35H44F4N4O6. The number of carboxylic acids is 1. The molecular weight excluding hydrogens is 648 g/mol. The number of amides is 2. The van der Waals surface area contributed by atoms with E-state index in [1.807, 2.05) is 0 Å². The maximum Gasteiger partial charge on any atom is 0.416 e. The van der Waals surface area contributed by atoms with E-state index >= 15 is 4.39 Å².